The summed E-state index contributed by atoms with van der Waals surface area (Å²) in [6.45, 7) is 8.67. The Labute approximate surface area is 146 Å². The van der Waals surface area contributed by atoms with Gasteiger partial charge >= 0.3 is 0 Å². The van der Waals surface area contributed by atoms with Crippen LogP contribution in [0.15, 0.2) is 29.2 Å². The van der Waals surface area contributed by atoms with E-state index in [1.54, 1.807) is 24.3 Å². The van der Waals surface area contributed by atoms with Gasteiger partial charge in [-0.2, -0.15) is 4.31 Å². The average Bonchev–Trinajstić information content (AvgIpc) is 2.54. The second-order valence-electron chi connectivity index (χ2n) is 5.99. The molecule has 0 aliphatic heterocycles. The molecule has 0 aromatic heterocycles. The minimum Gasteiger partial charge on any atom is -0.354 e. The molecule has 1 aromatic carbocycles. The Kier molecular flexibility index (Phi) is 8.42. The van der Waals surface area contributed by atoms with E-state index in [-0.39, 0.29) is 11.9 Å². The number of benzene rings is 1. The molecule has 0 bridgehead atoms. The number of hydrogen-bond acceptors (Lipinski definition) is 3. The van der Waals surface area contributed by atoms with Crippen molar-refractivity contribution in [3.05, 3.63) is 29.8 Å². The SMILES string of the molecule is CCCC(C)NC(=O)CCc1ccc(S(=O)(=O)N(CC)CC)cc1. The third kappa shape index (κ3) is 5.91. The molecule has 24 heavy (non-hydrogen) atoms. The Morgan fingerprint density at radius 1 is 1.12 bits per heavy atom. The molecule has 0 radical (unpaired) electrons. The average molecular weight is 355 g/mol. The zero-order valence-corrected chi connectivity index (χ0v) is 16.0. The fourth-order valence-electron chi connectivity index (χ4n) is 2.65. The standard InChI is InChI=1S/C18H30N2O3S/c1-5-8-15(4)19-18(21)14-11-16-9-12-17(13-10-16)24(22,23)20(6-2)7-3/h9-10,12-13,15H,5-8,11,14H2,1-4H3,(H,19,21). The summed E-state index contributed by atoms with van der Waals surface area (Å²) in [7, 11) is -3.42. The molecule has 0 aliphatic carbocycles. The molecule has 0 fully saturated rings. The monoisotopic (exact) mass is 354 g/mol. The predicted octanol–water partition coefficient (Wildman–Crippen LogP) is 2.95. The van der Waals surface area contributed by atoms with E-state index in [4.69, 9.17) is 0 Å². The lowest BCUT2D eigenvalue weighted by atomic mass is 10.1. The van der Waals surface area contributed by atoms with Gasteiger partial charge in [-0.3, -0.25) is 4.79 Å². The highest BCUT2D eigenvalue weighted by atomic mass is 32.2. The van der Waals surface area contributed by atoms with Gasteiger partial charge in [0, 0.05) is 25.6 Å². The van der Waals surface area contributed by atoms with Crippen molar-refractivity contribution in [2.45, 2.75) is 64.3 Å². The van der Waals surface area contributed by atoms with Crippen LogP contribution < -0.4 is 5.32 Å². The van der Waals surface area contributed by atoms with Gasteiger partial charge in [-0.15, -0.1) is 0 Å². The van der Waals surface area contributed by atoms with Gasteiger partial charge < -0.3 is 5.32 Å². The number of carbonyl (C=O) groups excluding carboxylic acids is 1. The number of nitrogens with zero attached hydrogens (tertiary/aromatic N) is 1. The van der Waals surface area contributed by atoms with Crippen LogP contribution >= 0.6 is 0 Å². The molecule has 1 aromatic rings. The minimum absolute atomic E-state index is 0.0378. The Bertz CT molecular complexity index is 608. The first-order chi connectivity index (χ1) is 11.3. The fraction of sp³-hybridized carbons (Fsp3) is 0.611. The Morgan fingerprint density at radius 2 is 1.71 bits per heavy atom. The number of amides is 1. The van der Waals surface area contributed by atoms with Gasteiger partial charge in [0.25, 0.3) is 0 Å². The summed E-state index contributed by atoms with van der Waals surface area (Å²) < 4.78 is 26.3. The van der Waals surface area contributed by atoms with E-state index >= 15 is 0 Å². The summed E-state index contributed by atoms with van der Waals surface area (Å²) in [6.07, 6.45) is 3.04. The number of hydrogen-bond donors (Lipinski definition) is 1. The van der Waals surface area contributed by atoms with Crippen molar-refractivity contribution in [3.63, 3.8) is 0 Å². The minimum atomic E-state index is -3.42. The lowest BCUT2D eigenvalue weighted by Gasteiger charge is -2.18. The van der Waals surface area contributed by atoms with Crippen molar-refractivity contribution in [3.8, 4) is 0 Å². The van der Waals surface area contributed by atoms with Gasteiger partial charge in [0.1, 0.15) is 0 Å². The summed E-state index contributed by atoms with van der Waals surface area (Å²) in [4.78, 5) is 12.2. The molecule has 5 nitrogen and oxygen atoms in total. The molecule has 1 atom stereocenters. The maximum atomic E-state index is 12.4. The van der Waals surface area contributed by atoms with Crippen LogP contribution in [0.2, 0.25) is 0 Å². The van der Waals surface area contributed by atoms with Crippen LogP contribution in [0.25, 0.3) is 0 Å². The molecule has 0 heterocycles. The second-order valence-corrected chi connectivity index (χ2v) is 7.93. The summed E-state index contributed by atoms with van der Waals surface area (Å²) >= 11 is 0. The predicted molar refractivity (Wildman–Crippen MR) is 97.4 cm³/mol. The molecule has 1 unspecified atom stereocenters. The van der Waals surface area contributed by atoms with Crippen molar-refractivity contribution in [2.24, 2.45) is 0 Å². The zero-order chi connectivity index (χ0) is 18.2. The molecular weight excluding hydrogens is 324 g/mol. The molecular formula is C18H30N2O3S. The van der Waals surface area contributed by atoms with Crippen molar-refractivity contribution in [1.82, 2.24) is 9.62 Å². The lowest BCUT2D eigenvalue weighted by Crippen LogP contribution is -2.32. The van der Waals surface area contributed by atoms with Crippen LogP contribution in [0.5, 0.6) is 0 Å². The first-order valence-electron chi connectivity index (χ1n) is 8.73. The summed E-state index contributed by atoms with van der Waals surface area (Å²) in [6, 6.07) is 7.03. The smallest absolute Gasteiger partial charge is 0.243 e. The number of rotatable bonds is 10. The largest absolute Gasteiger partial charge is 0.354 e. The van der Waals surface area contributed by atoms with Crippen LogP contribution in [0.4, 0.5) is 0 Å². The first kappa shape index (κ1) is 20.6. The normalized spacial score (nSPS) is 13.0. The highest BCUT2D eigenvalue weighted by Gasteiger charge is 2.21. The van der Waals surface area contributed by atoms with E-state index in [0.717, 1.165) is 18.4 Å². The van der Waals surface area contributed by atoms with Crippen molar-refractivity contribution in [2.75, 3.05) is 13.1 Å². The van der Waals surface area contributed by atoms with Crippen LogP contribution in [-0.2, 0) is 21.2 Å². The zero-order valence-electron chi connectivity index (χ0n) is 15.2. The number of carbonyl (C=O) groups is 1. The molecule has 0 aliphatic rings. The molecule has 1 rings (SSSR count). The van der Waals surface area contributed by atoms with E-state index in [2.05, 4.69) is 12.2 Å². The van der Waals surface area contributed by atoms with Gasteiger partial charge in [0.05, 0.1) is 4.90 Å². The number of aryl methyl sites for hydroxylation is 1. The second kappa shape index (κ2) is 9.79. The van der Waals surface area contributed by atoms with E-state index < -0.39 is 10.0 Å². The van der Waals surface area contributed by atoms with Crippen LogP contribution in [0, 0.1) is 0 Å². The van der Waals surface area contributed by atoms with Crippen LogP contribution in [-0.4, -0.2) is 37.8 Å². The molecule has 0 spiro atoms. The molecule has 136 valence electrons. The van der Waals surface area contributed by atoms with Crippen molar-refractivity contribution >= 4 is 15.9 Å². The van der Waals surface area contributed by atoms with Gasteiger partial charge in [-0.1, -0.05) is 39.3 Å². The summed E-state index contributed by atoms with van der Waals surface area (Å²) in [5.41, 5.74) is 0.965. The molecule has 1 N–H and O–H groups in total. The Balaban J connectivity index is 2.64. The molecule has 1 amide bonds. The number of nitrogens with one attached hydrogen (secondary N) is 1. The maximum absolute atomic E-state index is 12.4. The first-order valence-corrected chi connectivity index (χ1v) is 10.2. The highest BCUT2D eigenvalue weighted by molar-refractivity contribution is 7.89. The topological polar surface area (TPSA) is 66.5 Å². The summed E-state index contributed by atoms with van der Waals surface area (Å²) in [5, 5.41) is 2.98. The lowest BCUT2D eigenvalue weighted by molar-refractivity contribution is -0.121. The summed E-state index contributed by atoms with van der Waals surface area (Å²) in [5.74, 6) is 0.0378. The van der Waals surface area contributed by atoms with Crippen molar-refractivity contribution in [1.29, 1.82) is 0 Å². The molecule has 0 saturated carbocycles. The van der Waals surface area contributed by atoms with Crippen LogP contribution in [0.3, 0.4) is 0 Å². The van der Waals surface area contributed by atoms with Gasteiger partial charge in [-0.25, -0.2) is 8.42 Å². The van der Waals surface area contributed by atoms with Gasteiger partial charge in [-0.05, 0) is 37.5 Å². The fourth-order valence-corrected chi connectivity index (χ4v) is 4.11. The maximum Gasteiger partial charge on any atom is 0.243 e. The van der Waals surface area contributed by atoms with Crippen molar-refractivity contribution < 1.29 is 13.2 Å². The van der Waals surface area contributed by atoms with Gasteiger partial charge in [0.15, 0.2) is 0 Å². The molecule has 6 heteroatoms. The number of sulfonamides is 1. The van der Waals surface area contributed by atoms with E-state index in [1.165, 1.54) is 4.31 Å². The van der Waals surface area contributed by atoms with E-state index in [1.807, 2.05) is 20.8 Å². The van der Waals surface area contributed by atoms with Crippen LogP contribution in [0.1, 0.15) is 52.5 Å². The Morgan fingerprint density at radius 3 is 2.21 bits per heavy atom. The van der Waals surface area contributed by atoms with E-state index in [0.29, 0.717) is 30.8 Å². The quantitative estimate of drug-likeness (QED) is 0.702. The van der Waals surface area contributed by atoms with Gasteiger partial charge in [0.2, 0.25) is 15.9 Å². The third-order valence-corrected chi connectivity index (χ3v) is 6.10. The van der Waals surface area contributed by atoms with E-state index in [9.17, 15) is 13.2 Å². The highest BCUT2D eigenvalue weighted by Crippen LogP contribution is 2.16. The molecule has 0 saturated heterocycles. The third-order valence-electron chi connectivity index (χ3n) is 4.04. The Hall–Kier alpha value is -1.40.